The molecule has 7 nitrogen and oxygen atoms in total. The average Bonchev–Trinajstić information content (AvgIpc) is 2.77. The Hall–Kier alpha value is -3.32. The number of aromatic nitrogens is 1. The van der Waals surface area contributed by atoms with Gasteiger partial charge in [-0.3, -0.25) is 4.98 Å². The van der Waals surface area contributed by atoms with E-state index in [0.29, 0.717) is 46.9 Å². The lowest BCUT2D eigenvalue weighted by Crippen LogP contribution is -2.15. The Morgan fingerprint density at radius 2 is 1.74 bits per heavy atom. The molecule has 0 fully saturated rings. The van der Waals surface area contributed by atoms with Crippen molar-refractivity contribution in [2.45, 2.75) is 27.2 Å². The zero-order chi connectivity index (χ0) is 22.4. The van der Waals surface area contributed by atoms with Gasteiger partial charge in [-0.1, -0.05) is 19.1 Å². The van der Waals surface area contributed by atoms with Crippen molar-refractivity contribution in [3.8, 4) is 23.0 Å². The summed E-state index contributed by atoms with van der Waals surface area (Å²) in [5.74, 6) is 2.23. The lowest BCUT2D eigenvalue weighted by Gasteiger charge is -2.17. The number of para-hydroxylation sites is 2. The van der Waals surface area contributed by atoms with E-state index in [4.69, 9.17) is 28.7 Å². The maximum absolute atomic E-state index is 12.2. The molecule has 3 aromatic rings. The standard InChI is InChI=1S/C24H27NO6/c1-6-18-16(3)23(31-24(26)29-12-11-27-4)17-14-22(15(2)13-19(17)25-18)30-21-10-8-7-9-20(21)28-5/h7-10,13-14H,6,11-12H2,1-5H3. The van der Waals surface area contributed by atoms with Gasteiger partial charge in [-0.2, -0.15) is 0 Å². The smallest absolute Gasteiger partial charge is 0.493 e. The number of methoxy groups -OCH3 is 2. The van der Waals surface area contributed by atoms with Crippen molar-refractivity contribution < 1.29 is 28.5 Å². The van der Waals surface area contributed by atoms with Crippen LogP contribution in [0.1, 0.15) is 23.7 Å². The maximum atomic E-state index is 12.2. The fraction of sp³-hybridized carbons (Fsp3) is 0.333. The molecule has 31 heavy (non-hydrogen) atoms. The van der Waals surface area contributed by atoms with Gasteiger partial charge in [0.1, 0.15) is 18.1 Å². The van der Waals surface area contributed by atoms with Gasteiger partial charge in [0.15, 0.2) is 11.5 Å². The van der Waals surface area contributed by atoms with Crippen LogP contribution in [0, 0.1) is 13.8 Å². The van der Waals surface area contributed by atoms with E-state index in [1.54, 1.807) is 7.11 Å². The molecule has 1 heterocycles. The maximum Gasteiger partial charge on any atom is 0.513 e. The second kappa shape index (κ2) is 10.1. The summed E-state index contributed by atoms with van der Waals surface area (Å²) in [6, 6.07) is 11.2. The number of hydrogen-bond acceptors (Lipinski definition) is 7. The summed E-state index contributed by atoms with van der Waals surface area (Å²) >= 11 is 0. The molecule has 0 bridgehead atoms. The van der Waals surface area contributed by atoms with Crippen molar-refractivity contribution in [2.24, 2.45) is 0 Å². The lowest BCUT2D eigenvalue weighted by atomic mass is 10.0. The predicted octanol–water partition coefficient (Wildman–Crippen LogP) is 5.38. The zero-order valence-corrected chi connectivity index (χ0v) is 18.5. The van der Waals surface area contributed by atoms with Crippen LogP contribution in [0.3, 0.4) is 0 Å². The number of pyridine rings is 1. The van der Waals surface area contributed by atoms with Gasteiger partial charge in [0, 0.05) is 23.8 Å². The molecule has 7 heteroatoms. The van der Waals surface area contributed by atoms with Gasteiger partial charge in [-0.15, -0.1) is 0 Å². The largest absolute Gasteiger partial charge is 0.513 e. The van der Waals surface area contributed by atoms with Gasteiger partial charge >= 0.3 is 6.16 Å². The first-order valence-electron chi connectivity index (χ1n) is 10.1. The summed E-state index contributed by atoms with van der Waals surface area (Å²) < 4.78 is 27.1. The van der Waals surface area contributed by atoms with Gasteiger partial charge in [0.05, 0.1) is 19.2 Å². The molecule has 2 aromatic carbocycles. The van der Waals surface area contributed by atoms with Crippen LogP contribution in [0.25, 0.3) is 10.9 Å². The number of carbonyl (C=O) groups excluding carboxylic acids is 1. The monoisotopic (exact) mass is 425 g/mol. The molecule has 0 unspecified atom stereocenters. The fourth-order valence-electron chi connectivity index (χ4n) is 3.24. The summed E-state index contributed by atoms with van der Waals surface area (Å²) in [7, 11) is 3.13. The van der Waals surface area contributed by atoms with E-state index in [9.17, 15) is 4.79 Å². The number of nitrogens with zero attached hydrogens (tertiary/aromatic N) is 1. The summed E-state index contributed by atoms with van der Waals surface area (Å²) in [6.45, 7) is 6.23. The Morgan fingerprint density at radius 3 is 2.42 bits per heavy atom. The SMILES string of the molecule is CCc1nc2cc(C)c(Oc3ccccc3OC)cc2c(OC(=O)OCCOC)c1C. The molecule has 0 atom stereocenters. The number of ether oxygens (including phenoxy) is 5. The van der Waals surface area contributed by atoms with E-state index in [1.807, 2.05) is 57.2 Å². The number of aryl methyl sites for hydroxylation is 2. The Kier molecular flexibility index (Phi) is 7.31. The zero-order valence-electron chi connectivity index (χ0n) is 18.5. The Bertz CT molecular complexity index is 1080. The van der Waals surface area contributed by atoms with Gasteiger partial charge in [0.25, 0.3) is 0 Å². The highest BCUT2D eigenvalue weighted by molar-refractivity contribution is 5.90. The highest BCUT2D eigenvalue weighted by atomic mass is 16.7. The summed E-state index contributed by atoms with van der Waals surface area (Å²) in [5.41, 5.74) is 3.24. The molecule has 0 aliphatic carbocycles. The van der Waals surface area contributed by atoms with E-state index < -0.39 is 6.16 Å². The second-order valence-corrected chi connectivity index (χ2v) is 6.95. The highest BCUT2D eigenvalue weighted by Gasteiger charge is 2.19. The highest BCUT2D eigenvalue weighted by Crippen LogP contribution is 2.38. The first-order valence-corrected chi connectivity index (χ1v) is 10.1. The van der Waals surface area contributed by atoms with Gasteiger partial charge in [-0.25, -0.2) is 4.79 Å². The molecule has 0 aliphatic rings. The van der Waals surface area contributed by atoms with Gasteiger partial charge < -0.3 is 23.7 Å². The molecule has 164 valence electrons. The van der Waals surface area contributed by atoms with Crippen molar-refractivity contribution >= 4 is 17.1 Å². The third-order valence-corrected chi connectivity index (χ3v) is 4.88. The Labute approximate surface area is 181 Å². The second-order valence-electron chi connectivity index (χ2n) is 6.95. The van der Waals surface area contributed by atoms with Crippen LogP contribution in [-0.2, 0) is 15.9 Å². The summed E-state index contributed by atoms with van der Waals surface area (Å²) in [4.78, 5) is 17.0. The van der Waals surface area contributed by atoms with E-state index in [2.05, 4.69) is 0 Å². The lowest BCUT2D eigenvalue weighted by molar-refractivity contribution is 0.0687. The first-order chi connectivity index (χ1) is 15.0. The third-order valence-electron chi connectivity index (χ3n) is 4.88. The van der Waals surface area contributed by atoms with Crippen LogP contribution < -0.4 is 14.2 Å². The molecular formula is C24H27NO6. The van der Waals surface area contributed by atoms with Gasteiger partial charge in [-0.05, 0) is 50.1 Å². The molecule has 0 saturated heterocycles. The fourth-order valence-corrected chi connectivity index (χ4v) is 3.24. The summed E-state index contributed by atoms with van der Waals surface area (Å²) in [5, 5.41) is 0.661. The quantitative estimate of drug-likeness (QED) is 0.354. The van der Waals surface area contributed by atoms with Crippen molar-refractivity contribution in [2.75, 3.05) is 27.4 Å². The minimum absolute atomic E-state index is 0.110. The first kappa shape index (κ1) is 22.4. The van der Waals surface area contributed by atoms with Crippen LogP contribution in [0.15, 0.2) is 36.4 Å². The average molecular weight is 425 g/mol. The number of benzene rings is 2. The van der Waals surface area contributed by atoms with Crippen molar-refractivity contribution in [3.63, 3.8) is 0 Å². The Balaban J connectivity index is 2.05. The molecule has 0 amide bonds. The minimum Gasteiger partial charge on any atom is -0.493 e. The molecule has 0 radical (unpaired) electrons. The van der Waals surface area contributed by atoms with Crippen LogP contribution in [0.4, 0.5) is 4.79 Å². The third kappa shape index (κ3) is 5.06. The topological polar surface area (TPSA) is 76.1 Å². The van der Waals surface area contributed by atoms with E-state index >= 15 is 0 Å². The molecule has 0 saturated carbocycles. The van der Waals surface area contributed by atoms with Gasteiger partial charge in [0.2, 0.25) is 0 Å². The number of fused-ring (bicyclic) bond motifs is 1. The number of carbonyl (C=O) groups is 1. The van der Waals surface area contributed by atoms with E-state index in [0.717, 1.165) is 16.8 Å². The molecule has 3 rings (SSSR count). The number of hydrogen-bond donors (Lipinski definition) is 0. The molecule has 0 N–H and O–H groups in total. The minimum atomic E-state index is -0.789. The molecule has 0 aliphatic heterocycles. The van der Waals surface area contributed by atoms with Crippen LogP contribution in [0.2, 0.25) is 0 Å². The van der Waals surface area contributed by atoms with E-state index in [-0.39, 0.29) is 6.61 Å². The number of rotatable bonds is 8. The van der Waals surface area contributed by atoms with Crippen LogP contribution >= 0.6 is 0 Å². The predicted molar refractivity (Wildman–Crippen MR) is 118 cm³/mol. The van der Waals surface area contributed by atoms with Crippen molar-refractivity contribution in [3.05, 3.63) is 53.2 Å². The molecule has 1 aromatic heterocycles. The van der Waals surface area contributed by atoms with Crippen LogP contribution in [-0.4, -0.2) is 38.6 Å². The van der Waals surface area contributed by atoms with Crippen molar-refractivity contribution in [1.29, 1.82) is 0 Å². The molecule has 0 spiro atoms. The molecular weight excluding hydrogens is 398 g/mol. The normalized spacial score (nSPS) is 10.7. The summed E-state index contributed by atoms with van der Waals surface area (Å²) in [6.07, 6.45) is -0.0856. The Morgan fingerprint density at radius 1 is 1.00 bits per heavy atom. The van der Waals surface area contributed by atoms with Crippen molar-refractivity contribution in [1.82, 2.24) is 4.98 Å². The van der Waals surface area contributed by atoms with Crippen LogP contribution in [0.5, 0.6) is 23.0 Å². The van der Waals surface area contributed by atoms with E-state index in [1.165, 1.54) is 7.11 Å².